The standard InChI is InChI=1S/C24H24ClNO5/c1-2-30-18-10-8-15(9-11-18)21-20(22(27)16-5-3-6-17(25)13-16)23(28)24(29)26(21)14-19-7-4-12-31-19/h3,5-6,8-11,13,19,21,27H,2,4,7,12,14H2,1H3/b22-20-. The second-order valence-electron chi connectivity index (χ2n) is 7.60. The van der Waals surface area contributed by atoms with Gasteiger partial charge in [0.1, 0.15) is 11.5 Å². The third-order valence-electron chi connectivity index (χ3n) is 5.57. The molecule has 0 aromatic heterocycles. The van der Waals surface area contributed by atoms with Gasteiger partial charge >= 0.3 is 0 Å². The SMILES string of the molecule is CCOc1ccc(C2/C(=C(/O)c3cccc(Cl)c3)C(=O)C(=O)N2CC2CCCO2)cc1. The van der Waals surface area contributed by atoms with E-state index in [9.17, 15) is 14.7 Å². The third kappa shape index (κ3) is 4.31. The molecule has 0 saturated carbocycles. The summed E-state index contributed by atoms with van der Waals surface area (Å²) in [5.74, 6) is -0.904. The molecule has 2 aromatic rings. The molecule has 2 heterocycles. The molecule has 2 fully saturated rings. The van der Waals surface area contributed by atoms with E-state index in [1.165, 1.54) is 4.90 Å². The molecule has 1 N–H and O–H groups in total. The first-order valence-electron chi connectivity index (χ1n) is 10.4. The van der Waals surface area contributed by atoms with Crippen LogP contribution in [0.15, 0.2) is 54.1 Å². The van der Waals surface area contributed by atoms with Gasteiger partial charge in [0.25, 0.3) is 11.7 Å². The molecule has 0 spiro atoms. The maximum absolute atomic E-state index is 13.0. The Kier molecular flexibility index (Phi) is 6.30. The number of hydrogen-bond donors (Lipinski definition) is 1. The number of ketones is 1. The Balaban J connectivity index is 1.80. The van der Waals surface area contributed by atoms with Crippen molar-refractivity contribution in [2.45, 2.75) is 31.9 Å². The van der Waals surface area contributed by atoms with Gasteiger partial charge in [-0.2, -0.15) is 0 Å². The molecule has 2 aromatic carbocycles. The zero-order valence-electron chi connectivity index (χ0n) is 17.2. The topological polar surface area (TPSA) is 76.1 Å². The van der Waals surface area contributed by atoms with E-state index in [2.05, 4.69) is 0 Å². The number of benzene rings is 2. The minimum Gasteiger partial charge on any atom is -0.507 e. The van der Waals surface area contributed by atoms with Crippen LogP contribution >= 0.6 is 11.6 Å². The fraction of sp³-hybridized carbons (Fsp3) is 0.333. The summed E-state index contributed by atoms with van der Waals surface area (Å²) in [6, 6.07) is 13.1. The number of aliphatic hydroxyl groups is 1. The van der Waals surface area contributed by atoms with Crippen molar-refractivity contribution in [3.8, 4) is 5.75 Å². The van der Waals surface area contributed by atoms with Crippen LogP contribution in [-0.4, -0.2) is 47.6 Å². The smallest absolute Gasteiger partial charge is 0.295 e. The van der Waals surface area contributed by atoms with E-state index in [1.54, 1.807) is 36.4 Å². The molecule has 31 heavy (non-hydrogen) atoms. The second-order valence-corrected chi connectivity index (χ2v) is 8.04. The zero-order chi connectivity index (χ0) is 22.0. The molecule has 2 aliphatic heterocycles. The second kappa shape index (κ2) is 9.12. The molecule has 0 radical (unpaired) electrons. The van der Waals surface area contributed by atoms with Gasteiger partial charge in [0.15, 0.2) is 0 Å². The minimum absolute atomic E-state index is 0.0504. The molecule has 6 nitrogen and oxygen atoms in total. The highest BCUT2D eigenvalue weighted by Crippen LogP contribution is 2.40. The molecule has 2 saturated heterocycles. The summed E-state index contributed by atoms with van der Waals surface area (Å²) in [6.07, 6.45) is 1.62. The average Bonchev–Trinajstić information content (AvgIpc) is 3.37. The fourth-order valence-corrected chi connectivity index (χ4v) is 4.32. The molecule has 2 unspecified atom stereocenters. The number of carbonyl (C=O) groups excluding carboxylic acids is 2. The lowest BCUT2D eigenvalue weighted by Gasteiger charge is -2.27. The van der Waals surface area contributed by atoms with Crippen LogP contribution < -0.4 is 4.74 Å². The van der Waals surface area contributed by atoms with E-state index in [-0.39, 0.29) is 24.0 Å². The molecule has 2 aliphatic rings. The maximum Gasteiger partial charge on any atom is 0.295 e. The van der Waals surface area contributed by atoms with Crippen molar-refractivity contribution in [2.75, 3.05) is 19.8 Å². The van der Waals surface area contributed by atoms with Crippen molar-refractivity contribution >= 4 is 29.1 Å². The first-order chi connectivity index (χ1) is 15.0. The fourth-order valence-electron chi connectivity index (χ4n) is 4.13. The van der Waals surface area contributed by atoms with E-state index in [1.807, 2.05) is 19.1 Å². The number of ether oxygens (including phenoxy) is 2. The molecule has 1 amide bonds. The average molecular weight is 442 g/mol. The van der Waals surface area contributed by atoms with E-state index in [4.69, 9.17) is 21.1 Å². The molecule has 0 bridgehead atoms. The molecule has 2 atom stereocenters. The highest BCUT2D eigenvalue weighted by Gasteiger charge is 2.47. The molecular formula is C24H24ClNO5. The van der Waals surface area contributed by atoms with E-state index >= 15 is 0 Å². The van der Waals surface area contributed by atoms with Gasteiger partial charge in [-0.3, -0.25) is 9.59 Å². The summed E-state index contributed by atoms with van der Waals surface area (Å²) in [5, 5.41) is 11.5. The zero-order valence-corrected chi connectivity index (χ0v) is 18.0. The largest absolute Gasteiger partial charge is 0.507 e. The molecular weight excluding hydrogens is 418 g/mol. The van der Waals surface area contributed by atoms with Gasteiger partial charge in [0, 0.05) is 23.7 Å². The van der Waals surface area contributed by atoms with Crippen molar-refractivity contribution in [1.82, 2.24) is 4.90 Å². The number of nitrogens with zero attached hydrogens (tertiary/aromatic N) is 1. The van der Waals surface area contributed by atoms with Gasteiger partial charge in [-0.05, 0) is 49.6 Å². The van der Waals surface area contributed by atoms with Crippen molar-refractivity contribution in [3.05, 3.63) is 70.3 Å². The number of likely N-dealkylation sites (tertiary alicyclic amines) is 1. The van der Waals surface area contributed by atoms with Gasteiger partial charge < -0.3 is 19.5 Å². The Morgan fingerprint density at radius 2 is 2.00 bits per heavy atom. The number of Topliss-reactive ketones (excluding diaryl/α,β-unsaturated/α-hetero) is 1. The van der Waals surface area contributed by atoms with Crippen LogP contribution in [0.2, 0.25) is 5.02 Å². The minimum atomic E-state index is -0.723. The van der Waals surface area contributed by atoms with Crippen LogP contribution in [0.25, 0.3) is 5.76 Å². The maximum atomic E-state index is 13.0. The van der Waals surface area contributed by atoms with Gasteiger partial charge in [0.2, 0.25) is 0 Å². The van der Waals surface area contributed by atoms with E-state index in [0.717, 1.165) is 12.8 Å². The Morgan fingerprint density at radius 1 is 1.23 bits per heavy atom. The Labute approximate surface area is 186 Å². The number of carbonyl (C=O) groups is 2. The summed E-state index contributed by atoms with van der Waals surface area (Å²) in [4.78, 5) is 27.5. The van der Waals surface area contributed by atoms with Crippen LogP contribution in [0.4, 0.5) is 0 Å². The van der Waals surface area contributed by atoms with Crippen molar-refractivity contribution in [2.24, 2.45) is 0 Å². The highest BCUT2D eigenvalue weighted by atomic mass is 35.5. The predicted octanol–water partition coefficient (Wildman–Crippen LogP) is 4.34. The van der Waals surface area contributed by atoms with Crippen molar-refractivity contribution in [3.63, 3.8) is 0 Å². The van der Waals surface area contributed by atoms with Crippen molar-refractivity contribution in [1.29, 1.82) is 0 Å². The quantitative estimate of drug-likeness (QED) is 0.410. The summed E-state index contributed by atoms with van der Waals surface area (Å²) in [6.45, 7) is 3.36. The van der Waals surface area contributed by atoms with Crippen LogP contribution in [0, 0.1) is 0 Å². The lowest BCUT2D eigenvalue weighted by molar-refractivity contribution is -0.140. The summed E-state index contributed by atoms with van der Waals surface area (Å²) in [5.41, 5.74) is 1.15. The third-order valence-corrected chi connectivity index (χ3v) is 5.80. The van der Waals surface area contributed by atoms with Gasteiger partial charge in [0.05, 0.1) is 24.3 Å². The highest BCUT2D eigenvalue weighted by molar-refractivity contribution is 6.46. The first kappa shape index (κ1) is 21.4. The number of hydrogen-bond acceptors (Lipinski definition) is 5. The summed E-state index contributed by atoms with van der Waals surface area (Å²) >= 11 is 6.08. The summed E-state index contributed by atoms with van der Waals surface area (Å²) < 4.78 is 11.2. The molecule has 0 aliphatic carbocycles. The first-order valence-corrected chi connectivity index (χ1v) is 10.8. The van der Waals surface area contributed by atoms with Crippen LogP contribution in [0.5, 0.6) is 5.75 Å². The van der Waals surface area contributed by atoms with E-state index < -0.39 is 17.7 Å². The normalized spacial score (nSPS) is 22.8. The van der Waals surface area contributed by atoms with Crippen LogP contribution in [0.3, 0.4) is 0 Å². The predicted molar refractivity (Wildman–Crippen MR) is 117 cm³/mol. The Hall–Kier alpha value is -2.83. The monoisotopic (exact) mass is 441 g/mol. The molecule has 4 rings (SSSR count). The Morgan fingerprint density at radius 3 is 2.65 bits per heavy atom. The van der Waals surface area contributed by atoms with Gasteiger partial charge in [-0.15, -0.1) is 0 Å². The number of rotatable bonds is 6. The summed E-state index contributed by atoms with van der Waals surface area (Å²) in [7, 11) is 0. The number of amides is 1. The Bertz CT molecular complexity index is 1010. The van der Waals surface area contributed by atoms with Crippen LogP contribution in [-0.2, 0) is 14.3 Å². The van der Waals surface area contributed by atoms with Crippen LogP contribution in [0.1, 0.15) is 36.9 Å². The lowest BCUT2D eigenvalue weighted by Crippen LogP contribution is -2.36. The number of halogens is 1. The lowest BCUT2D eigenvalue weighted by atomic mass is 9.95. The van der Waals surface area contributed by atoms with E-state index in [0.29, 0.717) is 35.1 Å². The molecule has 162 valence electrons. The van der Waals surface area contributed by atoms with Crippen molar-refractivity contribution < 1.29 is 24.2 Å². The van der Waals surface area contributed by atoms with Gasteiger partial charge in [-0.1, -0.05) is 35.9 Å². The van der Waals surface area contributed by atoms with Gasteiger partial charge in [-0.25, -0.2) is 0 Å². The molecule has 7 heteroatoms. The number of aliphatic hydroxyl groups excluding tert-OH is 1.